The number of aryl methyl sites for hydroxylation is 2. The predicted octanol–water partition coefficient (Wildman–Crippen LogP) is 3.55. The maximum absolute atomic E-state index is 3.67. The molecule has 0 fully saturated rings. The van der Waals surface area contributed by atoms with E-state index in [2.05, 4.69) is 35.8 Å². The van der Waals surface area contributed by atoms with E-state index in [4.69, 9.17) is 0 Å². The van der Waals surface area contributed by atoms with Gasteiger partial charge in [0.15, 0.2) is 0 Å². The molecule has 0 bridgehead atoms. The van der Waals surface area contributed by atoms with Crippen molar-refractivity contribution in [3.63, 3.8) is 0 Å². The van der Waals surface area contributed by atoms with E-state index >= 15 is 0 Å². The molecule has 0 heterocycles. The average molecular weight is 225 g/mol. The molecule has 0 amide bonds. The molecule has 0 aromatic heterocycles. The highest BCUT2D eigenvalue weighted by molar-refractivity contribution is 9.10. The third kappa shape index (κ3) is 1.11. The van der Waals surface area contributed by atoms with Crippen molar-refractivity contribution < 1.29 is 0 Å². The van der Waals surface area contributed by atoms with E-state index in [1.165, 1.54) is 34.9 Å². The van der Waals surface area contributed by atoms with Crippen LogP contribution in [-0.2, 0) is 12.8 Å². The SMILES string of the molecule is Cc1cc(C)c2c(c1Br)CCC2. The van der Waals surface area contributed by atoms with Crippen molar-refractivity contribution in [3.8, 4) is 0 Å². The summed E-state index contributed by atoms with van der Waals surface area (Å²) >= 11 is 3.67. The number of hydrogen-bond acceptors (Lipinski definition) is 0. The molecule has 0 saturated carbocycles. The number of rotatable bonds is 0. The van der Waals surface area contributed by atoms with E-state index in [1.807, 2.05) is 0 Å². The van der Waals surface area contributed by atoms with E-state index in [1.54, 1.807) is 11.1 Å². The van der Waals surface area contributed by atoms with Crippen molar-refractivity contribution >= 4 is 15.9 Å². The van der Waals surface area contributed by atoms with Gasteiger partial charge in [-0.05, 0) is 55.4 Å². The average Bonchev–Trinajstić information content (AvgIpc) is 2.48. The van der Waals surface area contributed by atoms with Gasteiger partial charge in [-0.25, -0.2) is 0 Å². The first kappa shape index (κ1) is 8.31. The molecule has 1 aliphatic carbocycles. The van der Waals surface area contributed by atoms with E-state index < -0.39 is 0 Å². The number of benzene rings is 1. The van der Waals surface area contributed by atoms with Gasteiger partial charge in [-0.1, -0.05) is 22.0 Å². The second-order valence-corrected chi connectivity index (χ2v) is 4.43. The zero-order chi connectivity index (χ0) is 8.72. The third-order valence-corrected chi connectivity index (χ3v) is 3.84. The Kier molecular flexibility index (Phi) is 1.99. The van der Waals surface area contributed by atoms with Crippen LogP contribution < -0.4 is 0 Å². The predicted molar refractivity (Wildman–Crippen MR) is 55.6 cm³/mol. The minimum Gasteiger partial charge on any atom is -0.0550 e. The summed E-state index contributed by atoms with van der Waals surface area (Å²) in [5, 5.41) is 0. The molecule has 0 radical (unpaired) electrons. The minimum atomic E-state index is 1.26. The Labute approximate surface area is 82.1 Å². The summed E-state index contributed by atoms with van der Waals surface area (Å²) in [5.74, 6) is 0. The molecular weight excluding hydrogens is 212 g/mol. The smallest absolute Gasteiger partial charge is 0.0239 e. The van der Waals surface area contributed by atoms with Crippen LogP contribution in [0.4, 0.5) is 0 Å². The zero-order valence-corrected chi connectivity index (χ0v) is 9.16. The maximum atomic E-state index is 3.67. The van der Waals surface area contributed by atoms with Gasteiger partial charge >= 0.3 is 0 Å². The van der Waals surface area contributed by atoms with Gasteiger partial charge in [0, 0.05) is 4.47 Å². The van der Waals surface area contributed by atoms with Gasteiger partial charge < -0.3 is 0 Å². The van der Waals surface area contributed by atoms with Gasteiger partial charge in [-0.3, -0.25) is 0 Å². The van der Waals surface area contributed by atoms with Crippen LogP contribution in [0.5, 0.6) is 0 Å². The molecule has 2 rings (SSSR count). The summed E-state index contributed by atoms with van der Waals surface area (Å²) in [6.07, 6.45) is 3.87. The van der Waals surface area contributed by atoms with E-state index in [0.29, 0.717) is 0 Å². The standard InChI is InChI=1S/C11H13Br/c1-7-6-8(2)11(12)10-5-3-4-9(7)10/h6H,3-5H2,1-2H3. The fraction of sp³-hybridized carbons (Fsp3) is 0.455. The molecule has 0 spiro atoms. The van der Waals surface area contributed by atoms with Crippen molar-refractivity contribution in [1.82, 2.24) is 0 Å². The van der Waals surface area contributed by atoms with Crippen molar-refractivity contribution in [2.24, 2.45) is 0 Å². The van der Waals surface area contributed by atoms with Crippen molar-refractivity contribution in [3.05, 3.63) is 32.8 Å². The first-order chi connectivity index (χ1) is 5.70. The second kappa shape index (κ2) is 2.88. The quantitative estimate of drug-likeness (QED) is 0.633. The fourth-order valence-corrected chi connectivity index (χ4v) is 2.69. The molecule has 0 nitrogen and oxygen atoms in total. The normalized spacial score (nSPS) is 14.9. The van der Waals surface area contributed by atoms with Crippen LogP contribution in [0.25, 0.3) is 0 Å². The lowest BCUT2D eigenvalue weighted by Gasteiger charge is -2.09. The minimum absolute atomic E-state index is 1.26. The van der Waals surface area contributed by atoms with Crippen LogP contribution in [0, 0.1) is 13.8 Å². The van der Waals surface area contributed by atoms with Gasteiger partial charge in [0.25, 0.3) is 0 Å². The largest absolute Gasteiger partial charge is 0.0550 e. The van der Waals surface area contributed by atoms with Crippen LogP contribution in [0.2, 0.25) is 0 Å². The van der Waals surface area contributed by atoms with Gasteiger partial charge in [0.05, 0.1) is 0 Å². The van der Waals surface area contributed by atoms with Crippen molar-refractivity contribution in [2.75, 3.05) is 0 Å². The van der Waals surface area contributed by atoms with Crippen LogP contribution in [0.15, 0.2) is 10.5 Å². The highest BCUT2D eigenvalue weighted by atomic mass is 79.9. The molecule has 1 aromatic carbocycles. The van der Waals surface area contributed by atoms with E-state index in [0.717, 1.165) is 0 Å². The second-order valence-electron chi connectivity index (χ2n) is 3.64. The molecule has 1 aliphatic rings. The topological polar surface area (TPSA) is 0 Å². The third-order valence-electron chi connectivity index (χ3n) is 2.74. The van der Waals surface area contributed by atoms with E-state index in [-0.39, 0.29) is 0 Å². The van der Waals surface area contributed by atoms with Crippen LogP contribution in [0.3, 0.4) is 0 Å². The first-order valence-corrected chi connectivity index (χ1v) is 5.27. The Morgan fingerprint density at radius 1 is 1.08 bits per heavy atom. The number of halogens is 1. The lowest BCUT2D eigenvalue weighted by Crippen LogP contribution is -1.91. The number of hydrogen-bond donors (Lipinski definition) is 0. The van der Waals surface area contributed by atoms with Gasteiger partial charge in [-0.15, -0.1) is 0 Å². The molecule has 12 heavy (non-hydrogen) atoms. The molecule has 64 valence electrons. The first-order valence-electron chi connectivity index (χ1n) is 4.47. The Bertz CT molecular complexity index is 326. The summed E-state index contributed by atoms with van der Waals surface area (Å²) in [4.78, 5) is 0. The zero-order valence-electron chi connectivity index (χ0n) is 7.58. The fourth-order valence-electron chi connectivity index (χ4n) is 2.13. The molecular formula is C11H13Br. The molecule has 1 heteroatoms. The Balaban J connectivity index is 2.69. The highest BCUT2D eigenvalue weighted by Crippen LogP contribution is 2.33. The lowest BCUT2D eigenvalue weighted by molar-refractivity contribution is 0.908. The summed E-state index contributed by atoms with van der Waals surface area (Å²) in [5.41, 5.74) is 6.01. The van der Waals surface area contributed by atoms with E-state index in [9.17, 15) is 0 Å². The van der Waals surface area contributed by atoms with Crippen molar-refractivity contribution in [1.29, 1.82) is 0 Å². The Morgan fingerprint density at radius 3 is 2.50 bits per heavy atom. The van der Waals surface area contributed by atoms with Crippen LogP contribution >= 0.6 is 15.9 Å². The van der Waals surface area contributed by atoms with Gasteiger partial charge in [-0.2, -0.15) is 0 Å². The molecule has 0 unspecified atom stereocenters. The monoisotopic (exact) mass is 224 g/mol. The highest BCUT2D eigenvalue weighted by Gasteiger charge is 2.16. The summed E-state index contributed by atoms with van der Waals surface area (Å²) < 4.78 is 1.35. The summed E-state index contributed by atoms with van der Waals surface area (Å²) in [6, 6.07) is 2.29. The van der Waals surface area contributed by atoms with Gasteiger partial charge in [0.1, 0.15) is 0 Å². The molecule has 0 N–H and O–H groups in total. The number of fused-ring (bicyclic) bond motifs is 1. The molecule has 0 saturated heterocycles. The Hall–Kier alpha value is -0.300. The maximum Gasteiger partial charge on any atom is 0.0239 e. The van der Waals surface area contributed by atoms with Crippen LogP contribution in [0.1, 0.15) is 28.7 Å². The summed E-state index contributed by atoms with van der Waals surface area (Å²) in [6.45, 7) is 4.40. The Morgan fingerprint density at radius 2 is 1.75 bits per heavy atom. The van der Waals surface area contributed by atoms with Crippen molar-refractivity contribution in [2.45, 2.75) is 33.1 Å². The molecule has 1 aromatic rings. The van der Waals surface area contributed by atoms with Crippen LogP contribution in [-0.4, -0.2) is 0 Å². The molecule has 0 aliphatic heterocycles. The summed E-state index contributed by atoms with van der Waals surface area (Å²) in [7, 11) is 0. The van der Waals surface area contributed by atoms with Gasteiger partial charge in [0.2, 0.25) is 0 Å². The lowest BCUT2D eigenvalue weighted by atomic mass is 10.0. The molecule has 0 atom stereocenters.